The van der Waals surface area contributed by atoms with E-state index in [1.54, 1.807) is 37.0 Å². The molecular formula is C21H20N2O4S2. The minimum absolute atomic E-state index is 0.0700. The molecule has 2 aromatic carbocycles. The van der Waals surface area contributed by atoms with Gasteiger partial charge in [-0.2, -0.15) is 0 Å². The Kier molecular flexibility index (Phi) is 6.90. The molecule has 0 aliphatic rings. The number of carbonyl (C=O) groups excluding carboxylic acids is 1. The van der Waals surface area contributed by atoms with Crippen LogP contribution < -0.4 is 4.72 Å². The fourth-order valence-electron chi connectivity index (χ4n) is 2.47. The number of nitrogens with one attached hydrogen (secondary N) is 1. The molecule has 0 aliphatic heterocycles. The molecule has 0 fully saturated rings. The van der Waals surface area contributed by atoms with Gasteiger partial charge >= 0.3 is 5.97 Å². The molecule has 0 bridgehead atoms. The molecule has 0 atom stereocenters. The van der Waals surface area contributed by atoms with Gasteiger partial charge in [-0.15, -0.1) is 11.8 Å². The highest BCUT2D eigenvalue weighted by Gasteiger charge is 2.15. The number of carbonyl (C=O) groups is 1. The summed E-state index contributed by atoms with van der Waals surface area (Å²) in [6.45, 7) is 1.97. The first-order valence-corrected chi connectivity index (χ1v) is 11.4. The SMILES string of the molecule is CCOC(=O)c1ccc(S(=O)(=O)Nc2ccc(SCc3cccnc3)cc2)cc1. The third-order valence-corrected chi connectivity index (χ3v) is 6.39. The van der Waals surface area contributed by atoms with E-state index in [-0.39, 0.29) is 11.5 Å². The summed E-state index contributed by atoms with van der Waals surface area (Å²) in [6.07, 6.45) is 3.56. The minimum atomic E-state index is -3.75. The van der Waals surface area contributed by atoms with Crippen LogP contribution in [0.4, 0.5) is 5.69 Å². The van der Waals surface area contributed by atoms with Crippen LogP contribution in [0.1, 0.15) is 22.8 Å². The van der Waals surface area contributed by atoms with Crippen molar-refractivity contribution in [2.24, 2.45) is 0 Å². The van der Waals surface area contributed by atoms with E-state index in [9.17, 15) is 13.2 Å². The Balaban J connectivity index is 1.63. The maximum Gasteiger partial charge on any atom is 0.338 e. The van der Waals surface area contributed by atoms with Gasteiger partial charge in [-0.05, 0) is 67.1 Å². The summed E-state index contributed by atoms with van der Waals surface area (Å²) in [5.74, 6) is 0.301. The standard InChI is InChI=1S/C21H20N2O4S2/c1-2-27-21(24)17-5-11-20(12-6-17)29(25,26)23-18-7-9-19(10-8-18)28-15-16-4-3-13-22-14-16/h3-14,23H,2,15H2,1H3. The molecule has 1 heterocycles. The van der Waals surface area contributed by atoms with Gasteiger partial charge in [0.05, 0.1) is 17.1 Å². The van der Waals surface area contributed by atoms with Crippen LogP contribution in [0, 0.1) is 0 Å². The van der Waals surface area contributed by atoms with Crippen LogP contribution in [0.5, 0.6) is 0 Å². The summed E-state index contributed by atoms with van der Waals surface area (Å²) >= 11 is 1.64. The zero-order chi connectivity index (χ0) is 20.7. The van der Waals surface area contributed by atoms with Crippen LogP contribution in [0.15, 0.2) is 82.8 Å². The normalized spacial score (nSPS) is 11.1. The number of hydrogen-bond donors (Lipinski definition) is 1. The average molecular weight is 429 g/mol. The Morgan fingerprint density at radius 3 is 2.41 bits per heavy atom. The summed E-state index contributed by atoms with van der Waals surface area (Å²) in [7, 11) is -3.75. The smallest absolute Gasteiger partial charge is 0.338 e. The molecule has 29 heavy (non-hydrogen) atoms. The van der Waals surface area contributed by atoms with Crippen molar-refractivity contribution in [3.05, 3.63) is 84.2 Å². The number of benzene rings is 2. The van der Waals surface area contributed by atoms with Crippen LogP contribution in [0.2, 0.25) is 0 Å². The number of anilines is 1. The van der Waals surface area contributed by atoms with Crippen LogP contribution in [-0.2, 0) is 20.5 Å². The Morgan fingerprint density at radius 2 is 1.79 bits per heavy atom. The second-order valence-corrected chi connectivity index (χ2v) is 8.76. The van der Waals surface area contributed by atoms with Gasteiger partial charge in [0, 0.05) is 28.7 Å². The topological polar surface area (TPSA) is 85.4 Å². The van der Waals surface area contributed by atoms with E-state index >= 15 is 0 Å². The zero-order valence-electron chi connectivity index (χ0n) is 15.7. The number of aromatic nitrogens is 1. The summed E-state index contributed by atoms with van der Waals surface area (Å²) in [4.78, 5) is 16.9. The molecule has 0 saturated heterocycles. The maximum absolute atomic E-state index is 12.6. The van der Waals surface area contributed by atoms with E-state index in [0.29, 0.717) is 11.3 Å². The first kappa shape index (κ1) is 20.9. The highest BCUT2D eigenvalue weighted by Crippen LogP contribution is 2.25. The Morgan fingerprint density at radius 1 is 1.07 bits per heavy atom. The third-order valence-electron chi connectivity index (χ3n) is 3.91. The number of nitrogens with zero attached hydrogens (tertiary/aromatic N) is 1. The average Bonchev–Trinajstić information content (AvgIpc) is 2.74. The number of esters is 1. The fraction of sp³-hybridized carbons (Fsp3) is 0.143. The number of rotatable bonds is 8. The first-order chi connectivity index (χ1) is 14.0. The van der Waals surface area contributed by atoms with Crippen molar-refractivity contribution < 1.29 is 17.9 Å². The van der Waals surface area contributed by atoms with E-state index in [1.807, 2.05) is 30.5 Å². The van der Waals surface area contributed by atoms with E-state index in [4.69, 9.17) is 4.74 Å². The van der Waals surface area contributed by atoms with E-state index in [2.05, 4.69) is 9.71 Å². The molecule has 0 unspecified atom stereocenters. The molecular weight excluding hydrogens is 408 g/mol. The lowest BCUT2D eigenvalue weighted by atomic mass is 10.2. The largest absolute Gasteiger partial charge is 0.462 e. The molecule has 8 heteroatoms. The van der Waals surface area contributed by atoms with Crippen LogP contribution in [0.25, 0.3) is 0 Å². The van der Waals surface area contributed by atoms with Crippen LogP contribution in [0.3, 0.4) is 0 Å². The first-order valence-electron chi connectivity index (χ1n) is 8.90. The van der Waals surface area contributed by atoms with Gasteiger partial charge < -0.3 is 4.74 Å². The molecule has 1 N–H and O–H groups in total. The Hall–Kier alpha value is -2.84. The monoisotopic (exact) mass is 428 g/mol. The summed E-state index contributed by atoms with van der Waals surface area (Å²) in [6, 6.07) is 16.7. The number of thioether (sulfide) groups is 1. The van der Waals surface area contributed by atoms with E-state index < -0.39 is 16.0 Å². The van der Waals surface area contributed by atoms with Crippen molar-refractivity contribution in [2.45, 2.75) is 22.5 Å². The molecule has 150 valence electrons. The molecule has 3 rings (SSSR count). The van der Waals surface area contributed by atoms with Crippen molar-refractivity contribution in [3.63, 3.8) is 0 Å². The van der Waals surface area contributed by atoms with Crippen LogP contribution >= 0.6 is 11.8 Å². The molecule has 0 saturated carbocycles. The molecule has 1 aromatic heterocycles. The molecule has 0 radical (unpaired) electrons. The van der Waals surface area contributed by atoms with Gasteiger partial charge in [0.1, 0.15) is 0 Å². The predicted octanol–water partition coefficient (Wildman–Crippen LogP) is 4.35. The second kappa shape index (κ2) is 9.58. The number of sulfonamides is 1. The predicted molar refractivity (Wildman–Crippen MR) is 113 cm³/mol. The lowest BCUT2D eigenvalue weighted by Gasteiger charge is -2.09. The van der Waals surface area contributed by atoms with Crippen molar-refractivity contribution in [2.75, 3.05) is 11.3 Å². The molecule has 0 aliphatic carbocycles. The quantitative estimate of drug-likeness (QED) is 0.424. The number of pyridine rings is 1. The molecule has 0 spiro atoms. The third kappa shape index (κ3) is 5.82. The van der Waals surface area contributed by atoms with E-state index in [0.717, 1.165) is 16.2 Å². The van der Waals surface area contributed by atoms with Crippen molar-refractivity contribution >= 4 is 33.4 Å². The Labute approximate surface area is 174 Å². The summed E-state index contributed by atoms with van der Waals surface area (Å²) in [5, 5.41) is 0. The second-order valence-electron chi connectivity index (χ2n) is 6.02. The summed E-state index contributed by atoms with van der Waals surface area (Å²) in [5.41, 5.74) is 1.89. The lowest BCUT2D eigenvalue weighted by Crippen LogP contribution is -2.13. The maximum atomic E-state index is 12.6. The minimum Gasteiger partial charge on any atom is -0.462 e. The highest BCUT2D eigenvalue weighted by atomic mass is 32.2. The number of ether oxygens (including phenoxy) is 1. The summed E-state index contributed by atoms with van der Waals surface area (Å²) < 4.78 is 32.6. The molecule has 6 nitrogen and oxygen atoms in total. The Bertz CT molecular complexity index is 1050. The van der Waals surface area contributed by atoms with Crippen molar-refractivity contribution in [1.82, 2.24) is 4.98 Å². The van der Waals surface area contributed by atoms with E-state index in [1.165, 1.54) is 24.3 Å². The van der Waals surface area contributed by atoms with Gasteiger partial charge in [-0.25, -0.2) is 13.2 Å². The van der Waals surface area contributed by atoms with Gasteiger partial charge in [0.15, 0.2) is 0 Å². The van der Waals surface area contributed by atoms with Gasteiger partial charge in [-0.1, -0.05) is 6.07 Å². The molecule has 3 aromatic rings. The highest BCUT2D eigenvalue weighted by molar-refractivity contribution is 7.98. The molecule has 0 amide bonds. The van der Waals surface area contributed by atoms with Gasteiger partial charge in [0.2, 0.25) is 0 Å². The zero-order valence-corrected chi connectivity index (χ0v) is 17.4. The van der Waals surface area contributed by atoms with Crippen molar-refractivity contribution in [1.29, 1.82) is 0 Å². The van der Waals surface area contributed by atoms with Gasteiger partial charge in [-0.3, -0.25) is 9.71 Å². The lowest BCUT2D eigenvalue weighted by molar-refractivity contribution is 0.0526. The van der Waals surface area contributed by atoms with Gasteiger partial charge in [0.25, 0.3) is 10.0 Å². The van der Waals surface area contributed by atoms with Crippen LogP contribution in [-0.4, -0.2) is 26.0 Å². The van der Waals surface area contributed by atoms with Crippen molar-refractivity contribution in [3.8, 4) is 0 Å². The number of hydrogen-bond acceptors (Lipinski definition) is 6. The fourth-order valence-corrected chi connectivity index (χ4v) is 4.36.